The number of carbonyl (C=O) groups is 1. The van der Waals surface area contributed by atoms with Crippen molar-refractivity contribution < 1.29 is 9.53 Å². The second-order valence-electron chi connectivity index (χ2n) is 5.47. The highest BCUT2D eigenvalue weighted by molar-refractivity contribution is 6.31. The first-order valence-electron chi connectivity index (χ1n) is 7.21. The first-order valence-corrected chi connectivity index (χ1v) is 7.59. The molecule has 1 atom stereocenters. The maximum Gasteiger partial charge on any atom is 0.253 e. The number of aryl methyl sites for hydroxylation is 1. The Hall–Kier alpha value is -1.06. The highest BCUT2D eigenvalue weighted by Gasteiger charge is 2.16. The molecular formula is C16H22ClNO2. The lowest BCUT2D eigenvalue weighted by molar-refractivity contribution is 0.0763. The number of nitrogens with zero attached hydrogens (tertiary/aromatic N) is 1. The zero-order valence-electron chi connectivity index (χ0n) is 12.2. The molecule has 20 heavy (non-hydrogen) atoms. The first kappa shape index (κ1) is 15.3. The number of carbonyl (C=O) groups excluding carboxylic acids is 1. The van der Waals surface area contributed by atoms with Crippen LogP contribution in [0.15, 0.2) is 18.2 Å². The summed E-state index contributed by atoms with van der Waals surface area (Å²) in [5.74, 6) is 0.0529. The standard InChI is InChI=1S/C16H22ClNO2/c1-12-11-13(7-8-15(12)17)16(19)18(2)9-3-5-14-6-4-10-20-14/h7-8,11,14H,3-6,9-10H2,1-2H3. The lowest BCUT2D eigenvalue weighted by Crippen LogP contribution is -2.28. The van der Waals surface area contributed by atoms with Crippen LogP contribution in [0.4, 0.5) is 0 Å². The topological polar surface area (TPSA) is 29.5 Å². The van der Waals surface area contributed by atoms with Crippen molar-refractivity contribution in [3.8, 4) is 0 Å². The molecule has 0 saturated carbocycles. The smallest absolute Gasteiger partial charge is 0.253 e. The molecule has 0 bridgehead atoms. The maximum atomic E-state index is 12.3. The van der Waals surface area contributed by atoms with Gasteiger partial charge in [-0.25, -0.2) is 0 Å². The van der Waals surface area contributed by atoms with Crippen molar-refractivity contribution in [2.24, 2.45) is 0 Å². The summed E-state index contributed by atoms with van der Waals surface area (Å²) < 4.78 is 5.59. The van der Waals surface area contributed by atoms with E-state index < -0.39 is 0 Å². The van der Waals surface area contributed by atoms with Crippen LogP contribution >= 0.6 is 11.6 Å². The molecule has 4 heteroatoms. The molecule has 1 fully saturated rings. The molecule has 1 aromatic carbocycles. The molecule has 1 aliphatic heterocycles. The summed E-state index contributed by atoms with van der Waals surface area (Å²) in [5.41, 5.74) is 1.64. The Bertz CT molecular complexity index is 470. The Morgan fingerprint density at radius 3 is 2.95 bits per heavy atom. The number of benzene rings is 1. The van der Waals surface area contributed by atoms with Crippen LogP contribution in [-0.2, 0) is 4.74 Å². The van der Waals surface area contributed by atoms with Crippen molar-refractivity contribution in [3.63, 3.8) is 0 Å². The molecular weight excluding hydrogens is 274 g/mol. The van der Waals surface area contributed by atoms with E-state index in [0.29, 0.717) is 16.7 Å². The fourth-order valence-electron chi connectivity index (χ4n) is 2.53. The largest absolute Gasteiger partial charge is 0.378 e. The van der Waals surface area contributed by atoms with Gasteiger partial charge in [-0.05, 0) is 56.4 Å². The third-order valence-electron chi connectivity index (χ3n) is 3.80. The molecule has 1 aromatic rings. The maximum absolute atomic E-state index is 12.3. The van der Waals surface area contributed by atoms with Crippen LogP contribution in [0.3, 0.4) is 0 Å². The summed E-state index contributed by atoms with van der Waals surface area (Å²) >= 11 is 5.98. The van der Waals surface area contributed by atoms with Gasteiger partial charge in [0.25, 0.3) is 5.91 Å². The Balaban J connectivity index is 1.82. The summed E-state index contributed by atoms with van der Waals surface area (Å²) in [4.78, 5) is 14.1. The van der Waals surface area contributed by atoms with Gasteiger partial charge in [0, 0.05) is 30.8 Å². The summed E-state index contributed by atoms with van der Waals surface area (Å²) in [6, 6.07) is 5.42. The fourth-order valence-corrected chi connectivity index (χ4v) is 2.65. The van der Waals surface area contributed by atoms with E-state index in [1.807, 2.05) is 20.0 Å². The number of amides is 1. The average Bonchev–Trinajstić information content (AvgIpc) is 2.94. The van der Waals surface area contributed by atoms with Crippen molar-refractivity contribution in [1.29, 1.82) is 0 Å². The summed E-state index contributed by atoms with van der Waals surface area (Å²) in [7, 11) is 1.85. The molecule has 1 heterocycles. The quantitative estimate of drug-likeness (QED) is 0.829. The normalized spacial score (nSPS) is 18.2. The van der Waals surface area contributed by atoms with Gasteiger partial charge >= 0.3 is 0 Å². The molecule has 0 N–H and O–H groups in total. The third-order valence-corrected chi connectivity index (χ3v) is 4.22. The molecule has 0 spiro atoms. The third kappa shape index (κ3) is 3.97. The SMILES string of the molecule is Cc1cc(C(=O)N(C)CCCC2CCCO2)ccc1Cl. The monoisotopic (exact) mass is 295 g/mol. The minimum Gasteiger partial charge on any atom is -0.378 e. The fraction of sp³-hybridized carbons (Fsp3) is 0.562. The van der Waals surface area contributed by atoms with Gasteiger partial charge in [0.2, 0.25) is 0 Å². The molecule has 3 nitrogen and oxygen atoms in total. The molecule has 0 aromatic heterocycles. The molecule has 1 unspecified atom stereocenters. The Labute approximate surface area is 125 Å². The molecule has 110 valence electrons. The van der Waals surface area contributed by atoms with Gasteiger partial charge in [0.15, 0.2) is 0 Å². The zero-order valence-corrected chi connectivity index (χ0v) is 12.9. The van der Waals surface area contributed by atoms with Crippen LogP contribution in [0, 0.1) is 6.92 Å². The van der Waals surface area contributed by atoms with E-state index in [9.17, 15) is 4.79 Å². The molecule has 2 rings (SSSR count). The number of halogens is 1. The van der Waals surface area contributed by atoms with E-state index in [-0.39, 0.29) is 5.91 Å². The lowest BCUT2D eigenvalue weighted by atomic mass is 10.1. The second kappa shape index (κ2) is 7.09. The van der Waals surface area contributed by atoms with E-state index in [1.165, 1.54) is 6.42 Å². The van der Waals surface area contributed by atoms with Crippen LogP contribution in [0.1, 0.15) is 41.6 Å². The van der Waals surface area contributed by atoms with E-state index >= 15 is 0 Å². The van der Waals surface area contributed by atoms with Gasteiger partial charge in [-0.2, -0.15) is 0 Å². The van der Waals surface area contributed by atoms with Crippen molar-refractivity contribution in [1.82, 2.24) is 4.90 Å². The molecule has 0 radical (unpaired) electrons. The van der Waals surface area contributed by atoms with Crippen LogP contribution in [-0.4, -0.2) is 37.1 Å². The van der Waals surface area contributed by atoms with Crippen LogP contribution in [0.25, 0.3) is 0 Å². The summed E-state index contributed by atoms with van der Waals surface area (Å²) in [6.07, 6.45) is 4.75. The Morgan fingerprint density at radius 2 is 2.30 bits per heavy atom. The Kier molecular flexibility index (Phi) is 5.44. The minimum absolute atomic E-state index is 0.0529. The highest BCUT2D eigenvalue weighted by atomic mass is 35.5. The van der Waals surface area contributed by atoms with Gasteiger partial charge in [-0.1, -0.05) is 11.6 Å². The van der Waals surface area contributed by atoms with Crippen molar-refractivity contribution in [3.05, 3.63) is 34.3 Å². The van der Waals surface area contributed by atoms with E-state index in [0.717, 1.165) is 38.0 Å². The second-order valence-corrected chi connectivity index (χ2v) is 5.88. The number of rotatable bonds is 5. The first-order chi connectivity index (χ1) is 9.58. The summed E-state index contributed by atoms with van der Waals surface area (Å²) in [5, 5.41) is 0.697. The predicted octanol–water partition coefficient (Wildman–Crippen LogP) is 3.68. The van der Waals surface area contributed by atoms with Gasteiger partial charge < -0.3 is 9.64 Å². The molecule has 1 aliphatic rings. The van der Waals surface area contributed by atoms with Crippen LogP contribution in [0.2, 0.25) is 5.02 Å². The Morgan fingerprint density at radius 1 is 1.50 bits per heavy atom. The minimum atomic E-state index is 0.0529. The van der Waals surface area contributed by atoms with E-state index in [2.05, 4.69) is 0 Å². The number of ether oxygens (including phenoxy) is 1. The van der Waals surface area contributed by atoms with E-state index in [1.54, 1.807) is 17.0 Å². The molecule has 1 saturated heterocycles. The van der Waals surface area contributed by atoms with Gasteiger partial charge in [-0.3, -0.25) is 4.79 Å². The summed E-state index contributed by atoms with van der Waals surface area (Å²) in [6.45, 7) is 3.57. The highest BCUT2D eigenvalue weighted by Crippen LogP contribution is 2.19. The number of hydrogen-bond donors (Lipinski definition) is 0. The average molecular weight is 296 g/mol. The van der Waals surface area contributed by atoms with E-state index in [4.69, 9.17) is 16.3 Å². The van der Waals surface area contributed by atoms with Gasteiger partial charge in [-0.15, -0.1) is 0 Å². The van der Waals surface area contributed by atoms with Gasteiger partial charge in [0.05, 0.1) is 6.10 Å². The molecule has 0 aliphatic carbocycles. The zero-order chi connectivity index (χ0) is 14.5. The van der Waals surface area contributed by atoms with Crippen molar-refractivity contribution in [2.45, 2.75) is 38.7 Å². The van der Waals surface area contributed by atoms with Crippen molar-refractivity contribution >= 4 is 17.5 Å². The van der Waals surface area contributed by atoms with Crippen LogP contribution < -0.4 is 0 Å². The number of hydrogen-bond acceptors (Lipinski definition) is 2. The van der Waals surface area contributed by atoms with Gasteiger partial charge in [0.1, 0.15) is 0 Å². The van der Waals surface area contributed by atoms with Crippen LogP contribution in [0.5, 0.6) is 0 Å². The predicted molar refractivity (Wildman–Crippen MR) is 81.4 cm³/mol. The van der Waals surface area contributed by atoms with Crippen molar-refractivity contribution in [2.75, 3.05) is 20.2 Å². The lowest BCUT2D eigenvalue weighted by Gasteiger charge is -2.18. The molecule has 1 amide bonds.